The van der Waals surface area contributed by atoms with E-state index in [1.165, 1.54) is 34.1 Å². The van der Waals surface area contributed by atoms with Crippen LogP contribution in [0.25, 0.3) is 10.2 Å². The smallest absolute Gasteiger partial charge is 0.272 e. The first-order valence-corrected chi connectivity index (χ1v) is 10.1. The molecule has 1 amide bonds. The van der Waals surface area contributed by atoms with Gasteiger partial charge < -0.3 is 4.90 Å². The molecule has 1 saturated heterocycles. The predicted molar refractivity (Wildman–Crippen MR) is 95.3 cm³/mol. The number of amides is 1. The first-order valence-electron chi connectivity index (χ1n) is 7.97. The van der Waals surface area contributed by atoms with Crippen LogP contribution >= 0.6 is 23.1 Å². The molecule has 0 saturated carbocycles. The molecule has 0 radical (unpaired) electrons. The number of hydrogen-bond acceptors (Lipinski definition) is 5. The van der Waals surface area contributed by atoms with Gasteiger partial charge in [-0.1, -0.05) is 18.7 Å². The number of piperidine rings is 1. The minimum absolute atomic E-state index is 0.0339. The van der Waals surface area contributed by atoms with Gasteiger partial charge in [-0.25, -0.2) is 4.98 Å². The topological polar surface area (TPSA) is 55.2 Å². The second kappa shape index (κ2) is 7.05. The predicted octanol–water partition coefficient (Wildman–Crippen LogP) is 2.97. The van der Waals surface area contributed by atoms with Crippen molar-refractivity contribution in [1.82, 2.24) is 14.5 Å². The molecule has 2 aromatic heterocycles. The highest BCUT2D eigenvalue weighted by Gasteiger charge is 2.26. The normalized spacial score (nSPS) is 18.5. The minimum Gasteiger partial charge on any atom is -0.338 e. The van der Waals surface area contributed by atoms with E-state index < -0.39 is 0 Å². The molecule has 5 nitrogen and oxygen atoms in total. The van der Waals surface area contributed by atoms with Crippen molar-refractivity contribution in [2.45, 2.75) is 50.4 Å². The van der Waals surface area contributed by atoms with Gasteiger partial charge in [-0.2, -0.15) is 0 Å². The summed E-state index contributed by atoms with van der Waals surface area (Å²) in [5.74, 6) is 0.0339. The maximum absolute atomic E-state index is 12.8. The van der Waals surface area contributed by atoms with Gasteiger partial charge in [0.05, 0.1) is 5.52 Å². The van der Waals surface area contributed by atoms with Crippen LogP contribution in [0, 0.1) is 0 Å². The van der Waals surface area contributed by atoms with Crippen molar-refractivity contribution in [3.05, 3.63) is 21.8 Å². The summed E-state index contributed by atoms with van der Waals surface area (Å²) in [5, 5.41) is 2.48. The summed E-state index contributed by atoms with van der Waals surface area (Å²) in [5.41, 5.74) is 0.616. The monoisotopic (exact) mass is 351 g/mol. The molecule has 0 bridgehead atoms. The zero-order valence-corrected chi connectivity index (χ0v) is 15.1. The summed E-state index contributed by atoms with van der Waals surface area (Å²) in [7, 11) is 0. The van der Waals surface area contributed by atoms with E-state index in [-0.39, 0.29) is 18.0 Å². The molecule has 2 aromatic rings. The van der Waals surface area contributed by atoms with Crippen LogP contribution in [-0.2, 0) is 11.3 Å². The average Bonchev–Trinajstić information content (AvgIpc) is 3.05. The Morgan fingerprint density at radius 3 is 3.04 bits per heavy atom. The SMILES string of the molecule is CC[C@H]1CCCCN1C(=O)Cn1c(SC)nc2ccsc2c1=O. The lowest BCUT2D eigenvalue weighted by molar-refractivity contribution is -0.135. The Bertz CT molecular complexity index is 768. The summed E-state index contributed by atoms with van der Waals surface area (Å²) < 4.78 is 2.16. The molecule has 0 aliphatic carbocycles. The van der Waals surface area contributed by atoms with E-state index in [1.807, 2.05) is 22.6 Å². The maximum Gasteiger partial charge on any atom is 0.272 e. The molecule has 1 atom stereocenters. The summed E-state index contributed by atoms with van der Waals surface area (Å²) in [6.07, 6.45) is 6.15. The lowest BCUT2D eigenvalue weighted by Crippen LogP contribution is -2.46. The molecule has 1 aliphatic rings. The van der Waals surface area contributed by atoms with E-state index >= 15 is 0 Å². The van der Waals surface area contributed by atoms with Gasteiger partial charge in [0.25, 0.3) is 5.56 Å². The fourth-order valence-electron chi connectivity index (χ4n) is 3.20. The second-order valence-electron chi connectivity index (χ2n) is 5.77. The number of hydrogen-bond donors (Lipinski definition) is 0. The molecule has 0 spiro atoms. The van der Waals surface area contributed by atoms with Gasteiger partial charge >= 0.3 is 0 Å². The van der Waals surface area contributed by atoms with E-state index in [1.54, 1.807) is 0 Å². The third-order valence-electron chi connectivity index (χ3n) is 4.43. The highest BCUT2D eigenvalue weighted by Crippen LogP contribution is 2.22. The Morgan fingerprint density at radius 2 is 2.30 bits per heavy atom. The van der Waals surface area contributed by atoms with Crippen molar-refractivity contribution in [3.63, 3.8) is 0 Å². The van der Waals surface area contributed by atoms with Crippen LogP contribution in [0.2, 0.25) is 0 Å². The molecule has 0 unspecified atom stereocenters. The summed E-state index contributed by atoms with van der Waals surface area (Å²) in [4.78, 5) is 31.9. The van der Waals surface area contributed by atoms with Gasteiger partial charge in [0.15, 0.2) is 5.16 Å². The van der Waals surface area contributed by atoms with Gasteiger partial charge in [0.1, 0.15) is 11.2 Å². The van der Waals surface area contributed by atoms with E-state index in [0.29, 0.717) is 15.9 Å². The van der Waals surface area contributed by atoms with Crippen LogP contribution in [0.1, 0.15) is 32.6 Å². The van der Waals surface area contributed by atoms with Gasteiger partial charge in [0, 0.05) is 12.6 Å². The Kier molecular flexibility index (Phi) is 5.06. The van der Waals surface area contributed by atoms with Gasteiger partial charge in [-0.3, -0.25) is 14.2 Å². The number of rotatable bonds is 4. The Hall–Kier alpha value is -1.34. The van der Waals surface area contributed by atoms with E-state index in [2.05, 4.69) is 11.9 Å². The number of nitrogens with zero attached hydrogens (tertiary/aromatic N) is 3. The highest BCUT2D eigenvalue weighted by atomic mass is 32.2. The molecule has 7 heteroatoms. The number of fused-ring (bicyclic) bond motifs is 1. The lowest BCUT2D eigenvalue weighted by atomic mass is 10.00. The molecule has 0 N–H and O–H groups in total. The second-order valence-corrected chi connectivity index (χ2v) is 7.46. The van der Waals surface area contributed by atoms with Gasteiger partial charge in [0.2, 0.25) is 5.91 Å². The van der Waals surface area contributed by atoms with Gasteiger partial charge in [-0.15, -0.1) is 11.3 Å². The Balaban J connectivity index is 1.92. The molecule has 1 aliphatic heterocycles. The number of carbonyl (C=O) groups excluding carboxylic acids is 1. The number of aromatic nitrogens is 2. The zero-order valence-electron chi connectivity index (χ0n) is 13.4. The fourth-order valence-corrected chi connectivity index (χ4v) is 4.53. The number of likely N-dealkylation sites (tertiary alicyclic amines) is 1. The van der Waals surface area contributed by atoms with E-state index in [4.69, 9.17) is 0 Å². The third-order valence-corrected chi connectivity index (χ3v) is 5.99. The summed E-state index contributed by atoms with van der Waals surface area (Å²) >= 11 is 2.79. The maximum atomic E-state index is 12.8. The van der Waals surface area contributed by atoms with Gasteiger partial charge in [-0.05, 0) is 43.4 Å². The zero-order chi connectivity index (χ0) is 16.4. The van der Waals surface area contributed by atoms with Crippen LogP contribution in [0.15, 0.2) is 21.4 Å². The quantitative estimate of drug-likeness (QED) is 0.628. The van der Waals surface area contributed by atoms with Crippen molar-refractivity contribution >= 4 is 39.2 Å². The lowest BCUT2D eigenvalue weighted by Gasteiger charge is -2.35. The standard InChI is InChI=1S/C16H21N3O2S2/c1-3-11-6-4-5-8-18(11)13(20)10-19-15(21)14-12(7-9-23-14)17-16(19)22-2/h7,9,11H,3-6,8,10H2,1-2H3/t11-/m0/s1. The Labute approximate surface area is 143 Å². The molecule has 0 aromatic carbocycles. The highest BCUT2D eigenvalue weighted by molar-refractivity contribution is 7.98. The first-order chi connectivity index (χ1) is 11.2. The summed E-state index contributed by atoms with van der Waals surface area (Å²) in [6.45, 7) is 3.01. The largest absolute Gasteiger partial charge is 0.338 e. The fraction of sp³-hybridized carbons (Fsp3) is 0.562. The molecule has 124 valence electrons. The molecule has 3 rings (SSSR count). The molecule has 3 heterocycles. The molecule has 23 heavy (non-hydrogen) atoms. The van der Waals surface area contributed by atoms with Crippen LogP contribution in [0.4, 0.5) is 0 Å². The van der Waals surface area contributed by atoms with Crippen molar-refractivity contribution < 1.29 is 4.79 Å². The first kappa shape index (κ1) is 16.5. The summed E-state index contributed by atoms with van der Waals surface area (Å²) in [6, 6.07) is 2.16. The molecular weight excluding hydrogens is 330 g/mol. The number of thiophene rings is 1. The van der Waals surface area contributed by atoms with Crippen molar-refractivity contribution in [3.8, 4) is 0 Å². The van der Waals surface area contributed by atoms with Crippen LogP contribution < -0.4 is 5.56 Å². The van der Waals surface area contributed by atoms with Crippen LogP contribution in [0.3, 0.4) is 0 Å². The van der Waals surface area contributed by atoms with Crippen molar-refractivity contribution in [1.29, 1.82) is 0 Å². The third kappa shape index (κ3) is 3.17. The van der Waals surface area contributed by atoms with E-state index in [0.717, 1.165) is 31.3 Å². The molecular formula is C16H21N3O2S2. The minimum atomic E-state index is -0.104. The average molecular weight is 351 g/mol. The van der Waals surface area contributed by atoms with Crippen molar-refractivity contribution in [2.24, 2.45) is 0 Å². The Morgan fingerprint density at radius 1 is 1.48 bits per heavy atom. The number of carbonyl (C=O) groups is 1. The number of thioether (sulfide) groups is 1. The van der Waals surface area contributed by atoms with E-state index in [9.17, 15) is 9.59 Å². The van der Waals surface area contributed by atoms with Crippen molar-refractivity contribution in [2.75, 3.05) is 12.8 Å². The van der Waals surface area contributed by atoms with Crippen LogP contribution in [0.5, 0.6) is 0 Å². The molecule has 1 fully saturated rings. The van der Waals surface area contributed by atoms with Crippen LogP contribution in [-0.4, -0.2) is 39.2 Å².